The molecule has 0 aliphatic heterocycles. The van der Waals surface area contributed by atoms with E-state index in [9.17, 15) is 9.59 Å². The Morgan fingerprint density at radius 2 is 1.78 bits per heavy atom. The molecule has 3 aromatic rings. The fourth-order valence-corrected chi connectivity index (χ4v) is 2.31. The highest BCUT2D eigenvalue weighted by Crippen LogP contribution is 2.17. The van der Waals surface area contributed by atoms with Gasteiger partial charge in [-0.05, 0) is 35.9 Å². The molecule has 1 aromatic heterocycles. The topological polar surface area (TPSA) is 86.9 Å². The fourth-order valence-electron chi connectivity index (χ4n) is 2.31. The van der Waals surface area contributed by atoms with Crippen molar-refractivity contribution >= 4 is 34.1 Å². The first-order valence-corrected chi connectivity index (χ1v) is 7.20. The van der Waals surface area contributed by atoms with Gasteiger partial charge >= 0.3 is 0 Å². The Morgan fingerprint density at radius 1 is 1.04 bits per heavy atom. The van der Waals surface area contributed by atoms with Crippen LogP contribution in [0.15, 0.2) is 48.7 Å². The Morgan fingerprint density at radius 3 is 2.52 bits per heavy atom. The zero-order valence-corrected chi connectivity index (χ0v) is 12.6. The number of carbonyl (C=O) groups excluding carboxylic acids is 2. The Balaban J connectivity index is 1.63. The van der Waals surface area contributed by atoms with E-state index in [2.05, 4.69) is 20.8 Å². The number of carbonyl (C=O) groups is 2. The Hall–Kier alpha value is -3.15. The zero-order valence-electron chi connectivity index (χ0n) is 12.6. The van der Waals surface area contributed by atoms with Crippen LogP contribution >= 0.6 is 0 Å². The van der Waals surface area contributed by atoms with Crippen LogP contribution in [0, 0.1) is 0 Å². The highest BCUT2D eigenvalue weighted by molar-refractivity contribution is 5.94. The molecule has 0 atom stereocenters. The highest BCUT2D eigenvalue weighted by Gasteiger charge is 2.06. The van der Waals surface area contributed by atoms with Gasteiger partial charge in [0, 0.05) is 23.7 Å². The number of hydrogen-bond donors (Lipinski definition) is 3. The molecule has 0 aliphatic carbocycles. The van der Waals surface area contributed by atoms with Gasteiger partial charge in [0.25, 0.3) is 0 Å². The van der Waals surface area contributed by atoms with E-state index in [0.717, 1.165) is 22.2 Å². The van der Waals surface area contributed by atoms with Gasteiger partial charge in [-0.2, -0.15) is 5.10 Å². The van der Waals surface area contributed by atoms with Gasteiger partial charge in [-0.25, -0.2) is 0 Å². The summed E-state index contributed by atoms with van der Waals surface area (Å²) >= 11 is 0. The SMILES string of the molecule is CC(=O)Nc1ccc(CC(=O)Nc2ccc3cn[nH]c3c2)cc1. The minimum Gasteiger partial charge on any atom is -0.326 e. The van der Waals surface area contributed by atoms with Gasteiger partial charge in [0.15, 0.2) is 0 Å². The number of aromatic amines is 1. The molecule has 116 valence electrons. The first kappa shape index (κ1) is 14.8. The molecule has 3 N–H and O–H groups in total. The molecule has 23 heavy (non-hydrogen) atoms. The van der Waals surface area contributed by atoms with Crippen LogP contribution in [-0.4, -0.2) is 22.0 Å². The smallest absolute Gasteiger partial charge is 0.228 e. The number of hydrogen-bond acceptors (Lipinski definition) is 3. The average molecular weight is 308 g/mol. The summed E-state index contributed by atoms with van der Waals surface area (Å²) in [6, 6.07) is 12.8. The molecular weight excluding hydrogens is 292 g/mol. The van der Waals surface area contributed by atoms with Gasteiger partial charge < -0.3 is 10.6 Å². The van der Waals surface area contributed by atoms with Crippen molar-refractivity contribution in [2.45, 2.75) is 13.3 Å². The maximum absolute atomic E-state index is 12.1. The van der Waals surface area contributed by atoms with Crippen LogP contribution in [0.3, 0.4) is 0 Å². The number of fused-ring (bicyclic) bond motifs is 1. The minimum absolute atomic E-state index is 0.101. The lowest BCUT2D eigenvalue weighted by atomic mass is 10.1. The van der Waals surface area contributed by atoms with Crippen LogP contribution in [-0.2, 0) is 16.0 Å². The van der Waals surface area contributed by atoms with E-state index in [1.807, 2.05) is 30.3 Å². The molecule has 0 spiro atoms. The standard InChI is InChI=1S/C17H16N4O2/c1-11(22)19-14-5-2-12(3-6-14)8-17(23)20-15-7-4-13-10-18-21-16(13)9-15/h2-7,9-10H,8H2,1H3,(H,18,21)(H,19,22)(H,20,23). The fraction of sp³-hybridized carbons (Fsp3) is 0.118. The van der Waals surface area contributed by atoms with Crippen LogP contribution in [0.25, 0.3) is 10.9 Å². The van der Waals surface area contributed by atoms with Gasteiger partial charge in [-0.3, -0.25) is 14.7 Å². The second kappa shape index (κ2) is 6.31. The molecule has 0 bridgehead atoms. The number of rotatable bonds is 4. The molecule has 6 heteroatoms. The van der Waals surface area contributed by atoms with Crippen LogP contribution in [0.1, 0.15) is 12.5 Å². The minimum atomic E-state index is -0.121. The van der Waals surface area contributed by atoms with Crippen LogP contribution in [0.5, 0.6) is 0 Å². The summed E-state index contributed by atoms with van der Waals surface area (Å²) in [4.78, 5) is 23.1. The molecule has 0 fully saturated rings. The summed E-state index contributed by atoms with van der Waals surface area (Å²) in [5.74, 6) is -0.221. The number of nitrogens with zero attached hydrogens (tertiary/aromatic N) is 1. The third kappa shape index (κ3) is 3.74. The molecule has 1 heterocycles. The Bertz CT molecular complexity index is 852. The molecule has 0 radical (unpaired) electrons. The second-order valence-corrected chi connectivity index (χ2v) is 5.28. The lowest BCUT2D eigenvalue weighted by Gasteiger charge is -2.07. The van der Waals surface area contributed by atoms with E-state index in [1.165, 1.54) is 6.92 Å². The summed E-state index contributed by atoms with van der Waals surface area (Å²) in [5, 5.41) is 13.4. The van der Waals surface area contributed by atoms with Gasteiger partial charge in [0.1, 0.15) is 0 Å². The number of H-pyrrole nitrogens is 1. The van der Waals surface area contributed by atoms with E-state index in [-0.39, 0.29) is 18.2 Å². The summed E-state index contributed by atoms with van der Waals surface area (Å²) in [6.45, 7) is 1.46. The summed E-state index contributed by atoms with van der Waals surface area (Å²) in [6.07, 6.45) is 2.00. The predicted octanol–water partition coefficient (Wildman–Crippen LogP) is 2.70. The number of aromatic nitrogens is 2. The molecular formula is C17H16N4O2. The molecule has 3 rings (SSSR count). The maximum atomic E-state index is 12.1. The molecule has 0 aliphatic rings. The predicted molar refractivity (Wildman–Crippen MR) is 89.2 cm³/mol. The summed E-state index contributed by atoms with van der Waals surface area (Å²) in [5.41, 5.74) is 3.19. The van der Waals surface area contributed by atoms with Gasteiger partial charge in [0.2, 0.25) is 11.8 Å². The van der Waals surface area contributed by atoms with Crippen molar-refractivity contribution in [3.05, 3.63) is 54.2 Å². The van der Waals surface area contributed by atoms with Crippen molar-refractivity contribution in [2.24, 2.45) is 0 Å². The van der Waals surface area contributed by atoms with E-state index >= 15 is 0 Å². The van der Waals surface area contributed by atoms with Crippen molar-refractivity contribution < 1.29 is 9.59 Å². The lowest BCUT2D eigenvalue weighted by molar-refractivity contribution is -0.116. The van der Waals surface area contributed by atoms with Crippen molar-refractivity contribution in [3.8, 4) is 0 Å². The first-order valence-electron chi connectivity index (χ1n) is 7.20. The zero-order chi connectivity index (χ0) is 16.2. The Kier molecular flexibility index (Phi) is 4.05. The third-order valence-electron chi connectivity index (χ3n) is 3.36. The molecule has 0 unspecified atom stereocenters. The Labute approximate surface area is 132 Å². The quantitative estimate of drug-likeness (QED) is 0.692. The molecule has 2 amide bonds. The van der Waals surface area contributed by atoms with E-state index < -0.39 is 0 Å². The van der Waals surface area contributed by atoms with Crippen molar-refractivity contribution in [1.82, 2.24) is 10.2 Å². The number of anilines is 2. The highest BCUT2D eigenvalue weighted by atomic mass is 16.2. The molecule has 2 aromatic carbocycles. The molecule has 6 nitrogen and oxygen atoms in total. The lowest BCUT2D eigenvalue weighted by Crippen LogP contribution is -2.14. The third-order valence-corrected chi connectivity index (χ3v) is 3.36. The van der Waals surface area contributed by atoms with E-state index in [0.29, 0.717) is 5.69 Å². The van der Waals surface area contributed by atoms with Crippen LogP contribution < -0.4 is 10.6 Å². The van der Waals surface area contributed by atoms with Crippen molar-refractivity contribution in [2.75, 3.05) is 10.6 Å². The molecule has 0 saturated heterocycles. The van der Waals surface area contributed by atoms with Crippen LogP contribution in [0.4, 0.5) is 11.4 Å². The van der Waals surface area contributed by atoms with Crippen LogP contribution in [0.2, 0.25) is 0 Å². The normalized spacial score (nSPS) is 10.5. The summed E-state index contributed by atoms with van der Waals surface area (Å²) < 4.78 is 0. The average Bonchev–Trinajstić information content (AvgIpc) is 2.96. The maximum Gasteiger partial charge on any atom is 0.228 e. The number of nitrogens with one attached hydrogen (secondary N) is 3. The van der Waals surface area contributed by atoms with Gasteiger partial charge in [-0.15, -0.1) is 0 Å². The summed E-state index contributed by atoms with van der Waals surface area (Å²) in [7, 11) is 0. The molecule has 0 saturated carbocycles. The number of amides is 2. The van der Waals surface area contributed by atoms with E-state index in [1.54, 1.807) is 18.3 Å². The van der Waals surface area contributed by atoms with E-state index in [4.69, 9.17) is 0 Å². The van der Waals surface area contributed by atoms with Crippen molar-refractivity contribution in [1.29, 1.82) is 0 Å². The first-order chi connectivity index (χ1) is 11.1. The van der Waals surface area contributed by atoms with Crippen molar-refractivity contribution in [3.63, 3.8) is 0 Å². The van der Waals surface area contributed by atoms with Gasteiger partial charge in [0.05, 0.1) is 18.1 Å². The second-order valence-electron chi connectivity index (χ2n) is 5.28. The number of benzene rings is 2. The van der Waals surface area contributed by atoms with Gasteiger partial charge in [-0.1, -0.05) is 12.1 Å². The monoisotopic (exact) mass is 308 g/mol. The largest absolute Gasteiger partial charge is 0.326 e.